The number of nitrogens with two attached hydrogens (primary N) is 1. The van der Waals surface area contributed by atoms with E-state index >= 15 is 0 Å². The molecule has 1 heterocycles. The molecule has 0 aromatic heterocycles. The van der Waals surface area contributed by atoms with E-state index < -0.39 is 6.04 Å². The molecule has 1 aliphatic heterocycles. The zero-order valence-electron chi connectivity index (χ0n) is 8.12. The van der Waals surface area contributed by atoms with Crippen molar-refractivity contribution in [2.24, 2.45) is 5.73 Å². The lowest BCUT2D eigenvalue weighted by Crippen LogP contribution is -2.26. The molecule has 1 unspecified atom stereocenters. The van der Waals surface area contributed by atoms with Crippen LogP contribution < -0.4 is 15.2 Å². The lowest BCUT2D eigenvalue weighted by molar-refractivity contribution is 0.0967. The van der Waals surface area contributed by atoms with E-state index in [-0.39, 0.29) is 12.6 Å². The first kappa shape index (κ1) is 10.3. The van der Waals surface area contributed by atoms with Crippen molar-refractivity contribution >= 4 is 17.4 Å². The summed E-state index contributed by atoms with van der Waals surface area (Å²) in [5, 5.41) is 0.369. The normalized spacial score (nSPS) is 15.1. The highest BCUT2D eigenvalue weighted by Gasteiger charge is 2.21. The molecule has 2 N–H and O–H groups in total. The molecule has 1 aliphatic rings. The van der Waals surface area contributed by atoms with Crippen LogP contribution in [-0.2, 0) is 0 Å². The quantitative estimate of drug-likeness (QED) is 0.780. The Morgan fingerprint density at radius 3 is 2.93 bits per heavy atom. The molecule has 1 aromatic rings. The van der Waals surface area contributed by atoms with Crippen LogP contribution in [0.25, 0.3) is 0 Å². The van der Waals surface area contributed by atoms with Crippen molar-refractivity contribution in [3.8, 4) is 11.5 Å². The number of carbonyl (C=O) groups excluding carboxylic acids is 1. The standard InChI is InChI=1S/C10H10ClNO3/c1-5(12)9(13)6-2-7(11)10-8(3-6)14-4-15-10/h2-3,5H,4,12H2,1H3. The maximum absolute atomic E-state index is 11.6. The minimum Gasteiger partial charge on any atom is -0.454 e. The lowest BCUT2D eigenvalue weighted by Gasteiger charge is -2.06. The molecule has 80 valence electrons. The van der Waals surface area contributed by atoms with Crippen LogP contribution in [0.3, 0.4) is 0 Å². The van der Waals surface area contributed by atoms with E-state index in [4.69, 9.17) is 26.8 Å². The molecule has 1 aromatic carbocycles. The Bertz CT molecular complexity index is 417. The Morgan fingerprint density at radius 1 is 1.53 bits per heavy atom. The average Bonchev–Trinajstić information content (AvgIpc) is 2.64. The van der Waals surface area contributed by atoms with Crippen molar-refractivity contribution < 1.29 is 14.3 Å². The predicted molar refractivity (Wildman–Crippen MR) is 55.6 cm³/mol. The van der Waals surface area contributed by atoms with Crippen LogP contribution in [-0.4, -0.2) is 18.6 Å². The second-order valence-electron chi connectivity index (χ2n) is 3.34. The highest BCUT2D eigenvalue weighted by molar-refractivity contribution is 6.32. The number of benzene rings is 1. The molecule has 1 atom stereocenters. The third-order valence-electron chi connectivity index (χ3n) is 2.13. The number of hydrogen-bond donors (Lipinski definition) is 1. The van der Waals surface area contributed by atoms with Gasteiger partial charge in [-0.2, -0.15) is 0 Å². The Morgan fingerprint density at radius 2 is 2.27 bits per heavy atom. The third kappa shape index (κ3) is 1.78. The SMILES string of the molecule is CC(N)C(=O)c1cc(Cl)c2c(c1)OCO2. The Hall–Kier alpha value is -1.26. The van der Waals surface area contributed by atoms with E-state index in [1.165, 1.54) is 0 Å². The van der Waals surface area contributed by atoms with Gasteiger partial charge in [0.2, 0.25) is 6.79 Å². The van der Waals surface area contributed by atoms with Crippen molar-refractivity contribution in [2.45, 2.75) is 13.0 Å². The van der Waals surface area contributed by atoms with Crippen LogP contribution in [0.2, 0.25) is 5.02 Å². The number of ether oxygens (including phenoxy) is 2. The minimum absolute atomic E-state index is 0.130. The first-order valence-electron chi connectivity index (χ1n) is 4.48. The first-order valence-corrected chi connectivity index (χ1v) is 4.86. The van der Waals surface area contributed by atoms with Crippen LogP contribution >= 0.6 is 11.6 Å². The summed E-state index contributed by atoms with van der Waals surface area (Å²) in [5.41, 5.74) is 5.94. The van der Waals surface area contributed by atoms with E-state index in [2.05, 4.69) is 0 Å². The summed E-state index contributed by atoms with van der Waals surface area (Å²) in [7, 11) is 0. The highest BCUT2D eigenvalue weighted by Crippen LogP contribution is 2.39. The van der Waals surface area contributed by atoms with Crippen molar-refractivity contribution in [1.29, 1.82) is 0 Å². The van der Waals surface area contributed by atoms with E-state index in [1.54, 1.807) is 19.1 Å². The maximum atomic E-state index is 11.6. The monoisotopic (exact) mass is 227 g/mol. The highest BCUT2D eigenvalue weighted by atomic mass is 35.5. The second-order valence-corrected chi connectivity index (χ2v) is 3.75. The summed E-state index contributed by atoms with van der Waals surface area (Å²) in [6, 6.07) is 2.59. The number of rotatable bonds is 2. The van der Waals surface area contributed by atoms with Gasteiger partial charge < -0.3 is 15.2 Å². The van der Waals surface area contributed by atoms with E-state index in [0.29, 0.717) is 22.1 Å². The Kier molecular flexibility index (Phi) is 2.54. The molecule has 4 nitrogen and oxygen atoms in total. The maximum Gasteiger partial charge on any atom is 0.231 e. The third-order valence-corrected chi connectivity index (χ3v) is 2.41. The van der Waals surface area contributed by atoms with Crippen molar-refractivity contribution in [3.63, 3.8) is 0 Å². The topological polar surface area (TPSA) is 61.6 Å². The number of hydrogen-bond acceptors (Lipinski definition) is 4. The van der Waals surface area contributed by atoms with Crippen LogP contribution in [0.5, 0.6) is 11.5 Å². The number of halogens is 1. The number of Topliss-reactive ketones (excluding diaryl/α,β-unsaturated/α-hetero) is 1. The zero-order valence-corrected chi connectivity index (χ0v) is 8.88. The Labute approximate surface area is 91.9 Å². The molecule has 0 radical (unpaired) electrons. The Balaban J connectivity index is 2.44. The molecule has 0 amide bonds. The molecule has 0 bridgehead atoms. The average molecular weight is 228 g/mol. The van der Waals surface area contributed by atoms with Gasteiger partial charge in [-0.15, -0.1) is 0 Å². The summed E-state index contributed by atoms with van der Waals surface area (Å²) < 4.78 is 10.3. The summed E-state index contributed by atoms with van der Waals surface area (Å²) in [5.74, 6) is 0.805. The molecule has 0 saturated heterocycles. The molecule has 0 aliphatic carbocycles. The van der Waals surface area contributed by atoms with Crippen LogP contribution in [0.4, 0.5) is 0 Å². The van der Waals surface area contributed by atoms with Gasteiger partial charge >= 0.3 is 0 Å². The van der Waals surface area contributed by atoms with Crippen LogP contribution in [0.15, 0.2) is 12.1 Å². The smallest absolute Gasteiger partial charge is 0.231 e. The minimum atomic E-state index is -0.554. The summed E-state index contributed by atoms with van der Waals surface area (Å²) >= 11 is 5.93. The predicted octanol–water partition coefficient (Wildman–Crippen LogP) is 1.60. The van der Waals surface area contributed by atoms with Crippen LogP contribution in [0.1, 0.15) is 17.3 Å². The molecular weight excluding hydrogens is 218 g/mol. The van der Waals surface area contributed by atoms with Gasteiger partial charge in [-0.1, -0.05) is 11.6 Å². The van der Waals surface area contributed by atoms with Crippen molar-refractivity contribution in [2.75, 3.05) is 6.79 Å². The van der Waals surface area contributed by atoms with Gasteiger partial charge in [-0.25, -0.2) is 0 Å². The molecule has 15 heavy (non-hydrogen) atoms. The van der Waals surface area contributed by atoms with E-state index in [1.807, 2.05) is 0 Å². The van der Waals surface area contributed by atoms with Crippen molar-refractivity contribution in [3.05, 3.63) is 22.7 Å². The fourth-order valence-corrected chi connectivity index (χ4v) is 1.64. The van der Waals surface area contributed by atoms with Gasteiger partial charge in [-0.05, 0) is 19.1 Å². The number of ketones is 1. The van der Waals surface area contributed by atoms with Crippen molar-refractivity contribution in [1.82, 2.24) is 0 Å². The number of carbonyl (C=O) groups is 1. The van der Waals surface area contributed by atoms with Crippen LogP contribution in [0, 0.1) is 0 Å². The fraction of sp³-hybridized carbons (Fsp3) is 0.300. The van der Waals surface area contributed by atoms with Gasteiger partial charge in [0, 0.05) is 5.56 Å². The largest absolute Gasteiger partial charge is 0.454 e. The molecule has 0 saturated carbocycles. The van der Waals surface area contributed by atoms with E-state index in [9.17, 15) is 4.79 Å². The number of fused-ring (bicyclic) bond motifs is 1. The first-order chi connectivity index (χ1) is 7.09. The van der Waals surface area contributed by atoms with Gasteiger partial charge in [0.05, 0.1) is 11.1 Å². The summed E-state index contributed by atoms with van der Waals surface area (Å²) in [6.07, 6.45) is 0. The summed E-state index contributed by atoms with van der Waals surface area (Å²) in [6.45, 7) is 1.76. The fourth-order valence-electron chi connectivity index (χ4n) is 1.37. The van der Waals surface area contributed by atoms with Gasteiger partial charge in [0.1, 0.15) is 0 Å². The van der Waals surface area contributed by atoms with Gasteiger partial charge in [0.15, 0.2) is 17.3 Å². The second kappa shape index (κ2) is 3.72. The lowest BCUT2D eigenvalue weighted by atomic mass is 10.1. The van der Waals surface area contributed by atoms with Gasteiger partial charge in [-0.3, -0.25) is 4.79 Å². The molecule has 0 spiro atoms. The summed E-state index contributed by atoms with van der Waals surface area (Å²) in [4.78, 5) is 11.6. The molecule has 0 fully saturated rings. The van der Waals surface area contributed by atoms with Gasteiger partial charge in [0.25, 0.3) is 0 Å². The van der Waals surface area contributed by atoms with E-state index in [0.717, 1.165) is 0 Å². The molecule has 2 rings (SSSR count). The zero-order chi connectivity index (χ0) is 11.0. The molecule has 5 heteroatoms. The molecular formula is C10H10ClNO3.